The first-order valence-corrected chi connectivity index (χ1v) is 6.58. The van der Waals surface area contributed by atoms with E-state index < -0.39 is 0 Å². The van der Waals surface area contributed by atoms with Gasteiger partial charge < -0.3 is 0 Å². The average Bonchev–Trinajstić information content (AvgIpc) is 2.31. The number of rotatable bonds is 4. The van der Waals surface area contributed by atoms with Crippen molar-refractivity contribution in [2.24, 2.45) is 10.8 Å². The Kier molecular flexibility index (Phi) is 3.66. The highest BCUT2D eigenvalue weighted by Gasteiger charge is 2.50. The fraction of sp³-hybridized carbons (Fsp3) is 0.800. The van der Waals surface area contributed by atoms with Crippen molar-refractivity contribution in [1.82, 2.24) is 0 Å². The molecule has 1 aliphatic rings. The smallest absolute Gasteiger partial charge is 0.152 e. The predicted octanol–water partition coefficient (Wildman–Crippen LogP) is 4.52. The number of hydrogen-bond donors (Lipinski definition) is 0. The molecule has 0 heterocycles. The van der Waals surface area contributed by atoms with Crippen LogP contribution in [0.25, 0.3) is 0 Å². The number of ketones is 1. The van der Waals surface area contributed by atoms with Gasteiger partial charge in [-0.15, -0.1) is 0 Å². The van der Waals surface area contributed by atoms with Crippen molar-refractivity contribution in [2.75, 3.05) is 0 Å². The van der Waals surface area contributed by atoms with Crippen LogP contribution in [0.3, 0.4) is 0 Å². The van der Waals surface area contributed by atoms with Gasteiger partial charge in [0.05, 0.1) is 0 Å². The fourth-order valence-corrected chi connectivity index (χ4v) is 3.24. The highest BCUT2D eigenvalue weighted by atomic mass is 16.1. The minimum absolute atomic E-state index is 0.232. The molecule has 0 radical (unpaired) electrons. The van der Waals surface area contributed by atoms with E-state index in [1.54, 1.807) is 0 Å². The van der Waals surface area contributed by atoms with Gasteiger partial charge >= 0.3 is 0 Å². The van der Waals surface area contributed by atoms with Crippen molar-refractivity contribution >= 4 is 5.78 Å². The van der Waals surface area contributed by atoms with E-state index >= 15 is 0 Å². The van der Waals surface area contributed by atoms with E-state index in [9.17, 15) is 4.79 Å². The van der Waals surface area contributed by atoms with E-state index in [1.807, 2.05) is 0 Å². The van der Waals surface area contributed by atoms with Gasteiger partial charge in [-0.1, -0.05) is 37.8 Å². The highest BCUT2D eigenvalue weighted by molar-refractivity contribution is 5.98. The lowest BCUT2D eigenvalue weighted by Crippen LogP contribution is -2.30. The molecule has 92 valence electrons. The van der Waals surface area contributed by atoms with Crippen LogP contribution in [0.4, 0.5) is 0 Å². The molecule has 0 aliphatic heterocycles. The summed E-state index contributed by atoms with van der Waals surface area (Å²) < 4.78 is 0. The molecule has 0 atom stereocenters. The Bertz CT molecular complexity index is 288. The van der Waals surface area contributed by atoms with Gasteiger partial charge in [-0.3, -0.25) is 4.79 Å². The first-order chi connectivity index (χ1) is 7.30. The second kappa shape index (κ2) is 4.35. The van der Waals surface area contributed by atoms with Crippen LogP contribution >= 0.6 is 0 Å². The van der Waals surface area contributed by atoms with E-state index in [4.69, 9.17) is 0 Å². The molecule has 0 N–H and O–H groups in total. The molecular weight excluding hydrogens is 196 g/mol. The van der Waals surface area contributed by atoms with Gasteiger partial charge in [-0.2, -0.15) is 0 Å². The quantitative estimate of drug-likeness (QED) is 0.639. The molecule has 0 aromatic rings. The van der Waals surface area contributed by atoms with Gasteiger partial charge in [0.25, 0.3) is 0 Å². The van der Waals surface area contributed by atoms with Gasteiger partial charge in [-0.25, -0.2) is 0 Å². The summed E-state index contributed by atoms with van der Waals surface area (Å²) in [4.78, 5) is 12.5. The zero-order valence-electron chi connectivity index (χ0n) is 11.7. The number of carbonyl (C=O) groups is 1. The zero-order chi connectivity index (χ0) is 12.6. The van der Waals surface area contributed by atoms with Crippen molar-refractivity contribution in [3.8, 4) is 0 Å². The summed E-state index contributed by atoms with van der Waals surface area (Å²) in [6.07, 6.45) is 4.43. The summed E-state index contributed by atoms with van der Waals surface area (Å²) in [6, 6.07) is 0. The molecule has 0 spiro atoms. The molecule has 0 amide bonds. The molecule has 0 saturated carbocycles. The lowest BCUT2D eigenvalue weighted by atomic mass is 9.77. The van der Waals surface area contributed by atoms with Crippen LogP contribution in [-0.4, -0.2) is 5.78 Å². The molecule has 1 nitrogen and oxygen atoms in total. The molecule has 0 unspecified atom stereocenters. The number of hydrogen-bond acceptors (Lipinski definition) is 1. The van der Waals surface area contributed by atoms with Crippen LogP contribution in [0.15, 0.2) is 11.1 Å². The first kappa shape index (κ1) is 13.5. The first-order valence-electron chi connectivity index (χ1n) is 6.58. The van der Waals surface area contributed by atoms with E-state index in [0.29, 0.717) is 5.78 Å². The fourth-order valence-electron chi connectivity index (χ4n) is 3.24. The monoisotopic (exact) mass is 222 g/mol. The normalized spacial score (nSPS) is 23.0. The Morgan fingerprint density at radius 3 is 1.38 bits per heavy atom. The topological polar surface area (TPSA) is 17.1 Å². The van der Waals surface area contributed by atoms with Crippen LogP contribution in [-0.2, 0) is 4.79 Å². The number of allylic oxidation sites excluding steroid dienone is 2. The van der Waals surface area contributed by atoms with Gasteiger partial charge in [0.1, 0.15) is 0 Å². The maximum absolute atomic E-state index is 12.5. The van der Waals surface area contributed by atoms with Crippen molar-refractivity contribution in [3.05, 3.63) is 11.1 Å². The van der Waals surface area contributed by atoms with E-state index in [2.05, 4.69) is 41.5 Å². The Labute approximate surface area is 100 Å². The average molecular weight is 222 g/mol. The maximum Gasteiger partial charge on any atom is 0.152 e. The predicted molar refractivity (Wildman–Crippen MR) is 69.4 cm³/mol. The molecule has 0 fully saturated rings. The Balaban J connectivity index is 3.26. The second-order valence-corrected chi connectivity index (χ2v) is 6.04. The Morgan fingerprint density at radius 2 is 1.12 bits per heavy atom. The standard InChI is InChI=1S/C15H26O/c1-7-9-11-12(10-8-2)15(5,6)13(16)14(11,3)4/h7-10H2,1-6H3. The zero-order valence-corrected chi connectivity index (χ0v) is 11.7. The van der Waals surface area contributed by atoms with Crippen LogP contribution in [0, 0.1) is 10.8 Å². The van der Waals surface area contributed by atoms with Crippen molar-refractivity contribution in [3.63, 3.8) is 0 Å². The number of carbonyl (C=O) groups excluding carboxylic acids is 1. The van der Waals surface area contributed by atoms with Crippen LogP contribution in [0.1, 0.15) is 67.2 Å². The Hall–Kier alpha value is -0.590. The lowest BCUT2D eigenvalue weighted by Gasteiger charge is -2.24. The van der Waals surface area contributed by atoms with E-state index in [1.165, 1.54) is 11.1 Å². The van der Waals surface area contributed by atoms with E-state index in [0.717, 1.165) is 25.7 Å². The van der Waals surface area contributed by atoms with Gasteiger partial charge in [0, 0.05) is 10.8 Å². The third-order valence-corrected chi connectivity index (χ3v) is 4.01. The van der Waals surface area contributed by atoms with Crippen molar-refractivity contribution in [2.45, 2.75) is 67.2 Å². The maximum atomic E-state index is 12.5. The molecular formula is C15H26O. The summed E-state index contributed by atoms with van der Waals surface area (Å²) in [5, 5.41) is 0. The van der Waals surface area contributed by atoms with E-state index in [-0.39, 0.29) is 10.8 Å². The van der Waals surface area contributed by atoms with Crippen molar-refractivity contribution < 1.29 is 4.79 Å². The summed E-state index contributed by atoms with van der Waals surface area (Å²) in [6.45, 7) is 12.8. The third-order valence-electron chi connectivity index (χ3n) is 4.01. The largest absolute Gasteiger partial charge is 0.298 e. The lowest BCUT2D eigenvalue weighted by molar-refractivity contribution is -0.130. The molecule has 0 bridgehead atoms. The van der Waals surface area contributed by atoms with Gasteiger partial charge in [0.15, 0.2) is 5.78 Å². The molecule has 0 saturated heterocycles. The summed E-state index contributed by atoms with van der Waals surface area (Å²) in [5.74, 6) is 0.409. The van der Waals surface area contributed by atoms with Gasteiger partial charge in [0.2, 0.25) is 0 Å². The van der Waals surface area contributed by atoms with Crippen molar-refractivity contribution in [1.29, 1.82) is 0 Å². The molecule has 0 aromatic carbocycles. The number of Topliss-reactive ketones (excluding diaryl/α,β-unsaturated/α-hetero) is 1. The highest BCUT2D eigenvalue weighted by Crippen LogP contribution is 2.52. The minimum atomic E-state index is -0.232. The molecule has 1 aliphatic carbocycles. The summed E-state index contributed by atoms with van der Waals surface area (Å²) >= 11 is 0. The summed E-state index contributed by atoms with van der Waals surface area (Å²) in [7, 11) is 0. The minimum Gasteiger partial charge on any atom is -0.298 e. The molecule has 0 aromatic heterocycles. The van der Waals surface area contributed by atoms with Crippen LogP contribution in [0.5, 0.6) is 0 Å². The summed E-state index contributed by atoms with van der Waals surface area (Å²) in [5.41, 5.74) is 2.38. The van der Waals surface area contributed by atoms with Crippen LogP contribution < -0.4 is 0 Å². The third kappa shape index (κ3) is 1.85. The van der Waals surface area contributed by atoms with Crippen LogP contribution in [0.2, 0.25) is 0 Å². The Morgan fingerprint density at radius 1 is 0.812 bits per heavy atom. The SMILES string of the molecule is CCCC1=C(CCC)C(C)(C)C(=O)C1(C)C. The second-order valence-electron chi connectivity index (χ2n) is 6.04. The molecule has 16 heavy (non-hydrogen) atoms. The molecule has 1 rings (SSSR count). The van der Waals surface area contributed by atoms with Gasteiger partial charge in [-0.05, 0) is 40.5 Å². The molecule has 1 heteroatoms.